The first-order valence-electron chi connectivity index (χ1n) is 13.3. The summed E-state index contributed by atoms with van der Waals surface area (Å²) in [5, 5.41) is 2.93. The van der Waals surface area contributed by atoms with E-state index in [0.29, 0.717) is 60.3 Å². The number of hydrogen-bond donors (Lipinski definition) is 1. The van der Waals surface area contributed by atoms with Crippen LogP contribution < -0.4 is 19.7 Å². The summed E-state index contributed by atoms with van der Waals surface area (Å²) >= 11 is 0. The molecule has 3 aliphatic heterocycles. The van der Waals surface area contributed by atoms with Gasteiger partial charge in [0.1, 0.15) is 0 Å². The Kier molecular flexibility index (Phi) is 6.83. The van der Waals surface area contributed by atoms with Gasteiger partial charge < -0.3 is 33.9 Å². The van der Waals surface area contributed by atoms with Crippen molar-refractivity contribution in [2.45, 2.75) is 19.3 Å². The van der Waals surface area contributed by atoms with E-state index in [1.165, 1.54) is 6.26 Å². The van der Waals surface area contributed by atoms with E-state index in [2.05, 4.69) is 10.2 Å². The summed E-state index contributed by atoms with van der Waals surface area (Å²) in [6.45, 7) is 3.76. The molecule has 1 aromatic heterocycles. The largest absolute Gasteiger partial charge is 0.459 e. The second kappa shape index (κ2) is 10.7. The minimum absolute atomic E-state index is 0.0435. The lowest BCUT2D eigenvalue weighted by Crippen LogP contribution is -2.49. The number of ether oxygens (including phenoxy) is 2. The number of likely N-dealkylation sites (tertiary alicyclic amines) is 1. The quantitative estimate of drug-likeness (QED) is 0.534. The third-order valence-electron chi connectivity index (χ3n) is 7.40. The lowest BCUT2D eigenvalue weighted by atomic mass is 10.0. The number of benzene rings is 2. The van der Waals surface area contributed by atoms with Crippen LogP contribution in [0.4, 0.5) is 11.4 Å². The van der Waals surface area contributed by atoms with Gasteiger partial charge in [-0.05, 0) is 67.8 Å². The highest BCUT2D eigenvalue weighted by atomic mass is 16.7. The minimum atomic E-state index is -0.303. The third kappa shape index (κ3) is 5.14. The molecule has 3 aromatic rings. The van der Waals surface area contributed by atoms with Crippen molar-refractivity contribution in [3.05, 3.63) is 71.7 Å². The molecule has 0 aliphatic carbocycles. The van der Waals surface area contributed by atoms with Crippen LogP contribution in [0.25, 0.3) is 0 Å². The molecular formula is C29H30N4O6. The summed E-state index contributed by atoms with van der Waals surface area (Å²) in [6, 6.07) is 13.9. The maximum Gasteiger partial charge on any atom is 0.289 e. The molecule has 202 valence electrons. The monoisotopic (exact) mass is 530 g/mol. The van der Waals surface area contributed by atoms with Gasteiger partial charge in [-0.3, -0.25) is 14.4 Å². The van der Waals surface area contributed by atoms with Crippen LogP contribution in [0.1, 0.15) is 50.5 Å². The van der Waals surface area contributed by atoms with Crippen molar-refractivity contribution in [3.63, 3.8) is 0 Å². The fourth-order valence-electron chi connectivity index (χ4n) is 5.28. The van der Waals surface area contributed by atoms with E-state index in [-0.39, 0.29) is 24.5 Å². The molecule has 2 aromatic carbocycles. The number of piperidine rings is 1. The van der Waals surface area contributed by atoms with Gasteiger partial charge in [-0.1, -0.05) is 0 Å². The maximum atomic E-state index is 13.7. The minimum Gasteiger partial charge on any atom is -0.459 e. The highest BCUT2D eigenvalue weighted by Gasteiger charge is 2.28. The summed E-state index contributed by atoms with van der Waals surface area (Å²) in [7, 11) is 0. The molecule has 4 heterocycles. The highest BCUT2D eigenvalue weighted by molar-refractivity contribution is 6.06. The Morgan fingerprint density at radius 1 is 0.744 bits per heavy atom. The van der Waals surface area contributed by atoms with E-state index in [1.54, 1.807) is 41.3 Å². The normalized spacial score (nSPS) is 16.8. The molecule has 0 radical (unpaired) electrons. The van der Waals surface area contributed by atoms with E-state index in [4.69, 9.17) is 13.9 Å². The van der Waals surface area contributed by atoms with Crippen LogP contribution in [-0.4, -0.2) is 73.6 Å². The second-order valence-electron chi connectivity index (χ2n) is 9.86. The van der Waals surface area contributed by atoms with Gasteiger partial charge in [-0.2, -0.15) is 0 Å². The van der Waals surface area contributed by atoms with Crippen LogP contribution in [0.3, 0.4) is 0 Å². The summed E-state index contributed by atoms with van der Waals surface area (Å²) in [5.41, 5.74) is 2.32. The number of carbonyl (C=O) groups is 3. The standard InChI is InChI=1S/C29H30N4O6/c34-27(20-6-9-24-26(17-20)39-19-38-24)30-21-7-8-23(22(18-21)28(35)32-10-2-1-3-11-32)31-12-14-33(15-13-31)29(36)25-5-4-16-37-25/h4-9,16-18H,1-3,10-15,19H2,(H,30,34). The first kappa shape index (κ1) is 24.8. The number of nitrogens with one attached hydrogen (secondary N) is 1. The summed E-state index contributed by atoms with van der Waals surface area (Å²) in [6.07, 6.45) is 4.58. The van der Waals surface area contributed by atoms with Gasteiger partial charge in [-0.25, -0.2) is 0 Å². The van der Waals surface area contributed by atoms with Gasteiger partial charge in [-0.15, -0.1) is 0 Å². The van der Waals surface area contributed by atoms with Crippen molar-refractivity contribution in [3.8, 4) is 11.5 Å². The zero-order valence-electron chi connectivity index (χ0n) is 21.6. The molecule has 10 nitrogen and oxygen atoms in total. The zero-order valence-corrected chi connectivity index (χ0v) is 21.6. The van der Waals surface area contributed by atoms with Crippen molar-refractivity contribution in [2.24, 2.45) is 0 Å². The molecular weight excluding hydrogens is 500 g/mol. The van der Waals surface area contributed by atoms with Gasteiger partial charge in [0.25, 0.3) is 17.7 Å². The Hall–Kier alpha value is -4.47. The molecule has 0 saturated carbocycles. The average Bonchev–Trinajstić information content (AvgIpc) is 3.69. The number of hydrogen-bond acceptors (Lipinski definition) is 7. The smallest absolute Gasteiger partial charge is 0.289 e. The number of furan rings is 1. The molecule has 2 fully saturated rings. The predicted molar refractivity (Wildman–Crippen MR) is 144 cm³/mol. The van der Waals surface area contributed by atoms with Crippen LogP contribution in [0, 0.1) is 0 Å². The molecule has 0 atom stereocenters. The zero-order chi connectivity index (χ0) is 26.8. The van der Waals surface area contributed by atoms with E-state index in [9.17, 15) is 14.4 Å². The number of nitrogens with zero attached hydrogens (tertiary/aromatic N) is 3. The van der Waals surface area contributed by atoms with E-state index < -0.39 is 0 Å². The fourth-order valence-corrected chi connectivity index (χ4v) is 5.28. The summed E-state index contributed by atoms with van der Waals surface area (Å²) < 4.78 is 16.0. The molecule has 0 spiro atoms. The van der Waals surface area contributed by atoms with Gasteiger partial charge >= 0.3 is 0 Å². The van der Waals surface area contributed by atoms with E-state index in [0.717, 1.165) is 38.0 Å². The van der Waals surface area contributed by atoms with E-state index >= 15 is 0 Å². The molecule has 10 heteroatoms. The number of carbonyl (C=O) groups excluding carboxylic acids is 3. The Bertz CT molecular complexity index is 1370. The number of fused-ring (bicyclic) bond motifs is 1. The van der Waals surface area contributed by atoms with Crippen LogP contribution >= 0.6 is 0 Å². The Morgan fingerprint density at radius 3 is 2.28 bits per heavy atom. The first-order chi connectivity index (χ1) is 19.1. The van der Waals surface area contributed by atoms with Crippen molar-refractivity contribution >= 4 is 29.1 Å². The molecule has 6 rings (SSSR count). The number of anilines is 2. The second-order valence-corrected chi connectivity index (χ2v) is 9.86. The molecule has 0 bridgehead atoms. The fraction of sp³-hybridized carbons (Fsp3) is 0.345. The van der Waals surface area contributed by atoms with Crippen molar-refractivity contribution in [1.29, 1.82) is 0 Å². The molecule has 1 N–H and O–H groups in total. The van der Waals surface area contributed by atoms with Crippen molar-refractivity contribution in [2.75, 3.05) is 56.3 Å². The van der Waals surface area contributed by atoms with Crippen LogP contribution in [0.5, 0.6) is 11.5 Å². The van der Waals surface area contributed by atoms with Crippen LogP contribution in [-0.2, 0) is 0 Å². The van der Waals surface area contributed by atoms with Gasteiger partial charge in [0.15, 0.2) is 17.3 Å². The molecule has 2 saturated heterocycles. The topological polar surface area (TPSA) is 105 Å². The molecule has 0 unspecified atom stereocenters. The molecule has 3 amide bonds. The molecule has 39 heavy (non-hydrogen) atoms. The first-order valence-corrected chi connectivity index (χ1v) is 13.3. The highest BCUT2D eigenvalue weighted by Crippen LogP contribution is 2.33. The Balaban J connectivity index is 1.22. The molecule has 3 aliphatic rings. The number of rotatable bonds is 5. The third-order valence-corrected chi connectivity index (χ3v) is 7.40. The van der Waals surface area contributed by atoms with Gasteiger partial charge in [0, 0.05) is 56.2 Å². The number of amides is 3. The van der Waals surface area contributed by atoms with Crippen molar-refractivity contribution in [1.82, 2.24) is 9.80 Å². The summed E-state index contributed by atoms with van der Waals surface area (Å²) in [5.74, 6) is 0.984. The van der Waals surface area contributed by atoms with Crippen molar-refractivity contribution < 1.29 is 28.3 Å². The SMILES string of the molecule is O=C(Nc1ccc(N2CCN(C(=O)c3ccco3)CC2)c(C(=O)N2CCCCC2)c1)c1ccc2c(c1)OCO2. The van der Waals surface area contributed by atoms with Gasteiger partial charge in [0.05, 0.1) is 11.8 Å². The Morgan fingerprint density at radius 2 is 1.51 bits per heavy atom. The van der Waals surface area contributed by atoms with Crippen LogP contribution in [0.2, 0.25) is 0 Å². The average molecular weight is 531 g/mol. The lowest BCUT2D eigenvalue weighted by Gasteiger charge is -2.37. The summed E-state index contributed by atoms with van der Waals surface area (Å²) in [4.78, 5) is 45.2. The lowest BCUT2D eigenvalue weighted by molar-refractivity contribution is 0.0705. The van der Waals surface area contributed by atoms with E-state index in [1.807, 2.05) is 17.0 Å². The predicted octanol–water partition coefficient (Wildman–Crippen LogP) is 3.85. The Labute approximate surface area is 226 Å². The number of piperazine rings is 1. The van der Waals surface area contributed by atoms with Crippen LogP contribution in [0.15, 0.2) is 59.2 Å². The van der Waals surface area contributed by atoms with Gasteiger partial charge in [0.2, 0.25) is 6.79 Å². The maximum absolute atomic E-state index is 13.7.